The van der Waals surface area contributed by atoms with Gasteiger partial charge >= 0.3 is 0 Å². The summed E-state index contributed by atoms with van der Waals surface area (Å²) in [6.45, 7) is 0.639. The molecule has 9 nitrogen and oxygen atoms in total. The van der Waals surface area contributed by atoms with E-state index in [1.165, 1.54) is 0 Å². The van der Waals surface area contributed by atoms with Crippen LogP contribution in [0.2, 0.25) is 0 Å². The average Bonchev–Trinajstić information content (AvgIpc) is 3.47. The topological polar surface area (TPSA) is 107 Å². The van der Waals surface area contributed by atoms with Gasteiger partial charge in [-0.15, -0.1) is 0 Å². The summed E-state index contributed by atoms with van der Waals surface area (Å²) in [4.78, 5) is 30.6. The highest BCUT2D eigenvalue weighted by Gasteiger charge is 2.25. The van der Waals surface area contributed by atoms with Crippen LogP contribution in [-0.4, -0.2) is 42.7 Å². The first-order valence-corrected chi connectivity index (χ1v) is 10.3. The van der Waals surface area contributed by atoms with Gasteiger partial charge in [-0.05, 0) is 48.9 Å². The fourth-order valence-corrected chi connectivity index (χ4v) is 3.54. The van der Waals surface area contributed by atoms with Crippen molar-refractivity contribution in [2.45, 2.75) is 25.7 Å². The van der Waals surface area contributed by atoms with Crippen molar-refractivity contribution in [1.82, 2.24) is 10.1 Å². The maximum Gasteiger partial charge on any atom is 0.227 e. The summed E-state index contributed by atoms with van der Waals surface area (Å²) in [6.07, 6.45) is 1.81. The fraction of sp³-hybridized carbons (Fsp3) is 0.304. The molecule has 1 aromatic heterocycles. The van der Waals surface area contributed by atoms with Crippen molar-refractivity contribution in [3.8, 4) is 22.9 Å². The second-order valence-corrected chi connectivity index (χ2v) is 7.32. The first-order valence-electron chi connectivity index (χ1n) is 10.3. The molecule has 3 aromatic rings. The first-order chi connectivity index (χ1) is 15.6. The van der Waals surface area contributed by atoms with Crippen LogP contribution in [0.3, 0.4) is 0 Å². The zero-order valence-electron chi connectivity index (χ0n) is 18.0. The molecule has 1 saturated heterocycles. The Kier molecular flexibility index (Phi) is 6.34. The van der Waals surface area contributed by atoms with Crippen LogP contribution in [0.15, 0.2) is 47.0 Å². The highest BCUT2D eigenvalue weighted by Crippen LogP contribution is 2.34. The number of nitrogens with zero attached hydrogens (tertiary/aromatic N) is 3. The molecule has 0 unspecified atom stereocenters. The molecule has 0 radical (unpaired) electrons. The van der Waals surface area contributed by atoms with Gasteiger partial charge in [0.2, 0.25) is 23.5 Å². The van der Waals surface area contributed by atoms with Gasteiger partial charge in [-0.2, -0.15) is 4.98 Å². The number of benzene rings is 2. The number of carbonyl (C=O) groups is 2. The van der Waals surface area contributed by atoms with Gasteiger partial charge in [-0.3, -0.25) is 9.59 Å². The van der Waals surface area contributed by atoms with E-state index < -0.39 is 0 Å². The lowest BCUT2D eigenvalue weighted by molar-refractivity contribution is -0.117. The number of hydrogen-bond acceptors (Lipinski definition) is 7. The van der Waals surface area contributed by atoms with Gasteiger partial charge < -0.3 is 24.2 Å². The number of aromatic nitrogens is 2. The Hall–Kier alpha value is -3.88. The normalized spacial score (nSPS) is 13.3. The number of ether oxygens (including phenoxy) is 2. The molecule has 1 aliphatic rings. The fourth-order valence-electron chi connectivity index (χ4n) is 3.54. The Morgan fingerprint density at radius 1 is 1.16 bits per heavy atom. The first kappa shape index (κ1) is 21.4. The molecule has 0 atom stereocenters. The third-order valence-electron chi connectivity index (χ3n) is 5.21. The Bertz CT molecular complexity index is 1110. The molecular weight excluding hydrogens is 412 g/mol. The van der Waals surface area contributed by atoms with Crippen molar-refractivity contribution < 1.29 is 23.6 Å². The predicted molar refractivity (Wildman–Crippen MR) is 118 cm³/mol. The molecule has 1 N–H and O–H groups in total. The number of anilines is 2. The molecule has 0 bridgehead atoms. The van der Waals surface area contributed by atoms with Gasteiger partial charge in [0, 0.05) is 37.1 Å². The van der Waals surface area contributed by atoms with Gasteiger partial charge in [0.15, 0.2) is 0 Å². The number of nitrogens with one attached hydrogen (secondary N) is 1. The van der Waals surface area contributed by atoms with Crippen LogP contribution in [0.4, 0.5) is 11.4 Å². The third kappa shape index (κ3) is 4.72. The van der Waals surface area contributed by atoms with Crippen LogP contribution in [0.25, 0.3) is 11.4 Å². The largest absolute Gasteiger partial charge is 0.497 e. The molecular formula is C23H24N4O5. The van der Waals surface area contributed by atoms with Gasteiger partial charge in [0.1, 0.15) is 11.5 Å². The van der Waals surface area contributed by atoms with Crippen molar-refractivity contribution in [1.29, 1.82) is 0 Å². The minimum Gasteiger partial charge on any atom is -0.497 e. The second-order valence-electron chi connectivity index (χ2n) is 7.32. The van der Waals surface area contributed by atoms with Crippen LogP contribution in [0.5, 0.6) is 11.5 Å². The molecule has 0 spiro atoms. The monoisotopic (exact) mass is 436 g/mol. The van der Waals surface area contributed by atoms with E-state index in [4.69, 9.17) is 14.0 Å². The number of carbonyl (C=O) groups excluding carboxylic acids is 2. The van der Waals surface area contributed by atoms with Crippen molar-refractivity contribution in [2.75, 3.05) is 31.0 Å². The van der Waals surface area contributed by atoms with Gasteiger partial charge in [-0.1, -0.05) is 5.16 Å². The molecule has 4 rings (SSSR count). The predicted octanol–water partition coefficient (Wildman–Crippen LogP) is 3.45. The summed E-state index contributed by atoms with van der Waals surface area (Å²) in [6, 6.07) is 12.6. The van der Waals surface area contributed by atoms with Crippen molar-refractivity contribution in [2.24, 2.45) is 0 Å². The Balaban J connectivity index is 1.37. The van der Waals surface area contributed by atoms with Gasteiger partial charge in [0.25, 0.3) is 0 Å². The number of rotatable bonds is 8. The molecule has 9 heteroatoms. The van der Waals surface area contributed by atoms with Crippen LogP contribution >= 0.6 is 0 Å². The standard InChI is InChI=1S/C23H24N4O5/c1-30-17-8-5-15(6-9-17)23-25-21(32-26-23)12-11-20(28)24-16-7-10-19(31-2)18(14-16)27-13-3-4-22(27)29/h5-10,14H,3-4,11-13H2,1-2H3,(H,24,28). The van der Waals surface area contributed by atoms with E-state index in [1.807, 2.05) is 24.3 Å². The molecule has 2 amide bonds. The van der Waals surface area contributed by atoms with Crippen LogP contribution in [-0.2, 0) is 16.0 Å². The summed E-state index contributed by atoms with van der Waals surface area (Å²) >= 11 is 0. The van der Waals surface area contributed by atoms with E-state index in [0.717, 1.165) is 17.7 Å². The highest BCUT2D eigenvalue weighted by molar-refractivity contribution is 5.98. The lowest BCUT2D eigenvalue weighted by Gasteiger charge is -2.20. The van der Waals surface area contributed by atoms with Crippen LogP contribution in [0, 0.1) is 0 Å². The molecule has 2 aromatic carbocycles. The van der Waals surface area contributed by atoms with E-state index in [1.54, 1.807) is 37.3 Å². The van der Waals surface area contributed by atoms with Crippen LogP contribution < -0.4 is 19.7 Å². The summed E-state index contributed by atoms with van der Waals surface area (Å²) in [5.74, 6) is 2.02. The molecule has 0 aliphatic carbocycles. The zero-order valence-corrected chi connectivity index (χ0v) is 18.0. The number of amides is 2. The quantitative estimate of drug-likeness (QED) is 0.576. The molecule has 166 valence electrons. The summed E-state index contributed by atoms with van der Waals surface area (Å²) in [7, 11) is 3.16. The smallest absolute Gasteiger partial charge is 0.227 e. The maximum absolute atomic E-state index is 12.5. The minimum atomic E-state index is -0.196. The summed E-state index contributed by atoms with van der Waals surface area (Å²) in [5.41, 5.74) is 2.05. The van der Waals surface area contributed by atoms with E-state index in [-0.39, 0.29) is 18.2 Å². The van der Waals surface area contributed by atoms with Crippen molar-refractivity contribution in [3.63, 3.8) is 0 Å². The number of methoxy groups -OCH3 is 2. The maximum atomic E-state index is 12.5. The van der Waals surface area contributed by atoms with E-state index >= 15 is 0 Å². The van der Waals surface area contributed by atoms with E-state index in [9.17, 15) is 9.59 Å². The third-order valence-corrected chi connectivity index (χ3v) is 5.21. The molecule has 0 saturated carbocycles. The summed E-state index contributed by atoms with van der Waals surface area (Å²) < 4.78 is 15.8. The lowest BCUT2D eigenvalue weighted by atomic mass is 10.2. The van der Waals surface area contributed by atoms with E-state index in [0.29, 0.717) is 48.2 Å². The van der Waals surface area contributed by atoms with Gasteiger partial charge in [-0.25, -0.2) is 0 Å². The van der Waals surface area contributed by atoms with E-state index in [2.05, 4.69) is 15.5 Å². The zero-order chi connectivity index (χ0) is 22.5. The van der Waals surface area contributed by atoms with Gasteiger partial charge in [0.05, 0.1) is 19.9 Å². The van der Waals surface area contributed by atoms with Crippen molar-refractivity contribution in [3.05, 3.63) is 48.4 Å². The summed E-state index contributed by atoms with van der Waals surface area (Å²) in [5, 5.41) is 6.83. The lowest BCUT2D eigenvalue weighted by Crippen LogP contribution is -2.24. The highest BCUT2D eigenvalue weighted by atomic mass is 16.5. The Morgan fingerprint density at radius 3 is 2.66 bits per heavy atom. The van der Waals surface area contributed by atoms with Crippen molar-refractivity contribution >= 4 is 23.2 Å². The molecule has 1 aliphatic heterocycles. The van der Waals surface area contributed by atoms with Crippen LogP contribution in [0.1, 0.15) is 25.2 Å². The Morgan fingerprint density at radius 2 is 1.97 bits per heavy atom. The molecule has 32 heavy (non-hydrogen) atoms. The average molecular weight is 436 g/mol. The minimum absolute atomic E-state index is 0.0517. The SMILES string of the molecule is COc1ccc(-c2noc(CCC(=O)Nc3ccc(OC)c(N4CCCC4=O)c3)n2)cc1. The molecule has 1 fully saturated rings. The molecule has 2 heterocycles. The second kappa shape index (κ2) is 9.51. The Labute approximate surface area is 185 Å². The number of hydrogen-bond donors (Lipinski definition) is 1. The number of aryl methyl sites for hydroxylation is 1.